The Morgan fingerprint density at radius 3 is 2.83 bits per heavy atom. The van der Waals surface area contributed by atoms with Crippen molar-refractivity contribution in [2.45, 2.75) is 37.3 Å². The number of nitrogens with zero attached hydrogens (tertiary/aromatic N) is 3. The van der Waals surface area contributed by atoms with Gasteiger partial charge >= 0.3 is 5.97 Å². The summed E-state index contributed by atoms with van der Waals surface area (Å²) >= 11 is 1.30. The highest BCUT2D eigenvalue weighted by atomic mass is 32.2. The van der Waals surface area contributed by atoms with E-state index >= 15 is 0 Å². The Labute approximate surface area is 171 Å². The molecule has 1 aliphatic rings. The van der Waals surface area contributed by atoms with E-state index in [9.17, 15) is 18.0 Å². The zero-order valence-corrected chi connectivity index (χ0v) is 17.3. The number of hydrogen-bond donors (Lipinski definition) is 0. The lowest BCUT2D eigenvalue weighted by molar-refractivity contribution is -0.148. The SMILES string of the molecule is Cc1ccc(S(=O)(=O)N2CCCC2C(=O)OCc2cc(=O)n3ccsc3n2)cc1. The zero-order valence-electron chi connectivity index (χ0n) is 15.6. The molecule has 0 N–H and O–H groups in total. The Morgan fingerprint density at radius 2 is 2.07 bits per heavy atom. The molecule has 3 heterocycles. The molecular formula is C19H19N3O5S2. The smallest absolute Gasteiger partial charge is 0.324 e. The molecule has 10 heteroatoms. The van der Waals surface area contributed by atoms with E-state index in [1.165, 1.54) is 26.1 Å². The molecule has 0 spiro atoms. The number of rotatable bonds is 5. The van der Waals surface area contributed by atoms with Crippen LogP contribution in [0.4, 0.5) is 0 Å². The molecule has 0 amide bonds. The normalized spacial score (nSPS) is 17.6. The first-order valence-electron chi connectivity index (χ1n) is 9.07. The average molecular weight is 434 g/mol. The largest absolute Gasteiger partial charge is 0.458 e. The van der Waals surface area contributed by atoms with Crippen molar-refractivity contribution in [1.82, 2.24) is 13.7 Å². The van der Waals surface area contributed by atoms with Gasteiger partial charge < -0.3 is 4.74 Å². The zero-order chi connectivity index (χ0) is 20.6. The van der Waals surface area contributed by atoms with Crippen LogP contribution in [0.25, 0.3) is 4.96 Å². The van der Waals surface area contributed by atoms with E-state index in [2.05, 4.69) is 4.98 Å². The molecule has 1 unspecified atom stereocenters. The van der Waals surface area contributed by atoms with Crippen molar-refractivity contribution in [3.63, 3.8) is 0 Å². The summed E-state index contributed by atoms with van der Waals surface area (Å²) in [4.78, 5) is 29.6. The van der Waals surface area contributed by atoms with E-state index in [4.69, 9.17) is 4.74 Å². The summed E-state index contributed by atoms with van der Waals surface area (Å²) < 4.78 is 33.8. The van der Waals surface area contributed by atoms with Gasteiger partial charge in [0.15, 0.2) is 4.96 Å². The van der Waals surface area contributed by atoms with Crippen LogP contribution in [0.15, 0.2) is 51.6 Å². The summed E-state index contributed by atoms with van der Waals surface area (Å²) in [5.74, 6) is -0.633. The molecule has 0 aliphatic carbocycles. The lowest BCUT2D eigenvalue weighted by Gasteiger charge is -2.22. The molecular weight excluding hydrogens is 414 g/mol. The maximum absolute atomic E-state index is 13.0. The number of aromatic nitrogens is 2. The van der Waals surface area contributed by atoms with Gasteiger partial charge in [-0.15, -0.1) is 11.3 Å². The monoisotopic (exact) mass is 433 g/mol. The lowest BCUT2D eigenvalue weighted by atomic mass is 10.2. The minimum Gasteiger partial charge on any atom is -0.458 e. The molecule has 0 bridgehead atoms. The van der Waals surface area contributed by atoms with Gasteiger partial charge in [-0.2, -0.15) is 4.31 Å². The van der Waals surface area contributed by atoms with E-state index in [1.54, 1.807) is 35.8 Å². The Morgan fingerprint density at radius 1 is 1.31 bits per heavy atom. The van der Waals surface area contributed by atoms with Crippen LogP contribution >= 0.6 is 11.3 Å². The quantitative estimate of drug-likeness (QED) is 0.571. The molecule has 1 aliphatic heterocycles. The minimum absolute atomic E-state index is 0.153. The fraction of sp³-hybridized carbons (Fsp3) is 0.316. The Balaban J connectivity index is 1.50. The van der Waals surface area contributed by atoms with Crippen LogP contribution < -0.4 is 5.56 Å². The molecule has 0 saturated carbocycles. The third kappa shape index (κ3) is 3.83. The highest BCUT2D eigenvalue weighted by Gasteiger charge is 2.40. The van der Waals surface area contributed by atoms with Crippen molar-refractivity contribution in [1.29, 1.82) is 0 Å². The minimum atomic E-state index is -3.80. The van der Waals surface area contributed by atoms with Crippen LogP contribution in [0.1, 0.15) is 24.1 Å². The molecule has 29 heavy (non-hydrogen) atoms. The van der Waals surface area contributed by atoms with Crippen LogP contribution in [0.5, 0.6) is 0 Å². The fourth-order valence-electron chi connectivity index (χ4n) is 3.31. The predicted octanol–water partition coefficient (Wildman–Crippen LogP) is 1.96. The van der Waals surface area contributed by atoms with Crippen molar-refractivity contribution in [2.75, 3.05) is 6.54 Å². The van der Waals surface area contributed by atoms with Crippen LogP contribution in [0.3, 0.4) is 0 Å². The number of esters is 1. The highest BCUT2D eigenvalue weighted by Crippen LogP contribution is 2.27. The van der Waals surface area contributed by atoms with Crippen molar-refractivity contribution in [3.8, 4) is 0 Å². The molecule has 1 aromatic carbocycles. The van der Waals surface area contributed by atoms with Gasteiger partial charge in [-0.1, -0.05) is 17.7 Å². The molecule has 1 fully saturated rings. The number of sulfonamides is 1. The summed E-state index contributed by atoms with van der Waals surface area (Å²) in [6.45, 7) is 1.95. The molecule has 1 saturated heterocycles. The van der Waals surface area contributed by atoms with E-state index in [0.29, 0.717) is 23.5 Å². The van der Waals surface area contributed by atoms with Crippen molar-refractivity contribution >= 4 is 32.3 Å². The summed E-state index contributed by atoms with van der Waals surface area (Å²) in [6, 6.07) is 6.95. The molecule has 4 rings (SSSR count). The van der Waals surface area contributed by atoms with Crippen molar-refractivity contribution < 1.29 is 17.9 Å². The molecule has 2 aromatic heterocycles. The number of benzene rings is 1. The van der Waals surface area contributed by atoms with Gasteiger partial charge in [0, 0.05) is 24.2 Å². The van der Waals surface area contributed by atoms with Gasteiger partial charge in [0.2, 0.25) is 10.0 Å². The van der Waals surface area contributed by atoms with Gasteiger partial charge in [-0.3, -0.25) is 14.0 Å². The summed E-state index contributed by atoms with van der Waals surface area (Å²) in [6.07, 6.45) is 2.59. The van der Waals surface area contributed by atoms with Gasteiger partial charge in [0.25, 0.3) is 5.56 Å². The van der Waals surface area contributed by atoms with E-state index in [-0.39, 0.29) is 23.6 Å². The van der Waals surface area contributed by atoms with Crippen LogP contribution in [0, 0.1) is 6.92 Å². The second kappa shape index (κ2) is 7.69. The van der Waals surface area contributed by atoms with Crippen LogP contribution in [-0.4, -0.2) is 40.7 Å². The number of carbonyl (C=O) groups is 1. The molecule has 1 atom stereocenters. The average Bonchev–Trinajstić information content (AvgIpc) is 3.36. The number of aryl methyl sites for hydroxylation is 1. The number of thiazole rings is 1. The third-order valence-electron chi connectivity index (χ3n) is 4.82. The Bertz CT molecular complexity index is 1210. The summed E-state index contributed by atoms with van der Waals surface area (Å²) in [7, 11) is -3.80. The second-order valence-electron chi connectivity index (χ2n) is 6.84. The standard InChI is InChI=1S/C19H19N3O5S2/c1-13-4-6-15(7-5-13)29(25,26)22-8-2-3-16(22)18(24)27-12-14-11-17(23)21-9-10-28-19(21)20-14/h4-7,9-11,16H,2-3,8,12H2,1H3. The fourth-order valence-corrected chi connectivity index (χ4v) is 5.70. The van der Waals surface area contributed by atoms with Crippen molar-refractivity contribution in [2.24, 2.45) is 0 Å². The number of carbonyl (C=O) groups excluding carboxylic acids is 1. The van der Waals surface area contributed by atoms with Gasteiger partial charge in [-0.05, 0) is 31.9 Å². The molecule has 0 radical (unpaired) electrons. The summed E-state index contributed by atoms with van der Waals surface area (Å²) in [5.41, 5.74) is 1.02. The number of hydrogen-bond acceptors (Lipinski definition) is 7. The molecule has 3 aromatic rings. The molecule has 152 valence electrons. The first-order chi connectivity index (χ1) is 13.9. The predicted molar refractivity (Wildman–Crippen MR) is 107 cm³/mol. The maximum Gasteiger partial charge on any atom is 0.324 e. The Kier molecular flexibility index (Phi) is 5.24. The number of fused-ring (bicyclic) bond motifs is 1. The van der Waals surface area contributed by atoms with Gasteiger partial charge in [0.05, 0.1) is 10.6 Å². The van der Waals surface area contributed by atoms with Crippen LogP contribution in [-0.2, 0) is 26.2 Å². The third-order valence-corrected chi connectivity index (χ3v) is 7.50. The van der Waals surface area contributed by atoms with Gasteiger partial charge in [-0.25, -0.2) is 13.4 Å². The lowest BCUT2D eigenvalue weighted by Crippen LogP contribution is -2.41. The van der Waals surface area contributed by atoms with E-state index < -0.39 is 22.0 Å². The first-order valence-corrected chi connectivity index (χ1v) is 11.4. The topological polar surface area (TPSA) is 98.0 Å². The summed E-state index contributed by atoms with van der Waals surface area (Å²) in [5, 5.41) is 1.74. The highest BCUT2D eigenvalue weighted by molar-refractivity contribution is 7.89. The Hall–Kier alpha value is -2.56. The van der Waals surface area contributed by atoms with Crippen molar-refractivity contribution in [3.05, 3.63) is 63.5 Å². The van der Waals surface area contributed by atoms with E-state index in [0.717, 1.165) is 5.56 Å². The van der Waals surface area contributed by atoms with Gasteiger partial charge in [0.1, 0.15) is 12.6 Å². The van der Waals surface area contributed by atoms with Crippen LogP contribution in [0.2, 0.25) is 0 Å². The van der Waals surface area contributed by atoms with E-state index in [1.807, 2.05) is 6.92 Å². The number of ether oxygens (including phenoxy) is 1. The second-order valence-corrected chi connectivity index (χ2v) is 9.60. The molecule has 8 nitrogen and oxygen atoms in total. The first kappa shape index (κ1) is 19.7. The maximum atomic E-state index is 13.0.